The van der Waals surface area contributed by atoms with Crippen LogP contribution in [0.5, 0.6) is 11.5 Å². The van der Waals surface area contributed by atoms with Gasteiger partial charge in [0.05, 0.1) is 22.1 Å². The maximum Gasteiger partial charge on any atom is 0.270 e. The molecule has 0 unspecified atom stereocenters. The van der Waals surface area contributed by atoms with E-state index in [9.17, 15) is 15.4 Å². The molecule has 1 aromatic heterocycles. The third-order valence-corrected chi connectivity index (χ3v) is 4.63. The van der Waals surface area contributed by atoms with Crippen molar-refractivity contribution in [1.82, 2.24) is 4.98 Å². The number of aromatic nitrogens is 1. The first-order valence-electron chi connectivity index (χ1n) is 8.72. The van der Waals surface area contributed by atoms with Crippen LogP contribution in [0.3, 0.4) is 0 Å². The van der Waals surface area contributed by atoms with Gasteiger partial charge in [0.2, 0.25) is 6.79 Å². The number of fused-ring (bicyclic) bond motifs is 2. The average Bonchev–Trinajstić information content (AvgIpc) is 3.18. The van der Waals surface area contributed by atoms with Crippen LogP contribution < -0.4 is 14.4 Å². The Bertz CT molecular complexity index is 1120. The van der Waals surface area contributed by atoms with Gasteiger partial charge in [-0.2, -0.15) is 5.26 Å². The van der Waals surface area contributed by atoms with Crippen LogP contribution in [-0.2, 0) is 6.54 Å². The van der Waals surface area contributed by atoms with Gasteiger partial charge in [0.15, 0.2) is 11.5 Å². The average molecular weight is 376 g/mol. The van der Waals surface area contributed by atoms with E-state index in [1.807, 2.05) is 30.0 Å². The summed E-state index contributed by atoms with van der Waals surface area (Å²) in [6.07, 6.45) is 0. The Morgan fingerprint density at radius 3 is 2.79 bits per heavy atom. The van der Waals surface area contributed by atoms with Gasteiger partial charge in [-0.15, -0.1) is 0 Å². The van der Waals surface area contributed by atoms with Crippen molar-refractivity contribution in [2.75, 3.05) is 18.2 Å². The van der Waals surface area contributed by atoms with Gasteiger partial charge in [0, 0.05) is 30.6 Å². The molecule has 4 rings (SSSR count). The highest BCUT2D eigenvalue weighted by Crippen LogP contribution is 2.33. The standard InChI is InChI=1S/C20H16N4O4/c1-2-23(11-13-3-6-18-19(7-13)28-12-27-18)20-8-14(10-21)16-9-15(24(25)26)4-5-17(16)22-20/h3-9H,2,11-12H2,1H3. The quantitative estimate of drug-likeness (QED) is 0.493. The molecule has 3 aromatic rings. The molecule has 28 heavy (non-hydrogen) atoms. The Kier molecular flexibility index (Phi) is 4.41. The second-order valence-electron chi connectivity index (χ2n) is 6.30. The van der Waals surface area contributed by atoms with E-state index in [1.54, 1.807) is 12.1 Å². The van der Waals surface area contributed by atoms with Gasteiger partial charge in [-0.05, 0) is 36.8 Å². The van der Waals surface area contributed by atoms with Crippen molar-refractivity contribution in [1.29, 1.82) is 5.26 Å². The van der Waals surface area contributed by atoms with Crippen molar-refractivity contribution < 1.29 is 14.4 Å². The Labute approximate surface area is 160 Å². The molecule has 2 aromatic carbocycles. The summed E-state index contributed by atoms with van der Waals surface area (Å²) in [5, 5.41) is 21.0. The number of nitriles is 1. The number of benzene rings is 2. The molecule has 0 atom stereocenters. The number of anilines is 1. The molecule has 1 aliphatic heterocycles. The van der Waals surface area contributed by atoms with Gasteiger partial charge in [-0.3, -0.25) is 10.1 Å². The first-order valence-corrected chi connectivity index (χ1v) is 8.72. The van der Waals surface area contributed by atoms with Gasteiger partial charge < -0.3 is 14.4 Å². The smallest absolute Gasteiger partial charge is 0.270 e. The van der Waals surface area contributed by atoms with Gasteiger partial charge in [-0.1, -0.05) is 6.07 Å². The van der Waals surface area contributed by atoms with E-state index in [4.69, 9.17) is 9.47 Å². The number of pyridine rings is 1. The van der Waals surface area contributed by atoms with Gasteiger partial charge in [0.1, 0.15) is 5.82 Å². The van der Waals surface area contributed by atoms with Crippen LogP contribution in [-0.4, -0.2) is 23.2 Å². The van der Waals surface area contributed by atoms with Crippen molar-refractivity contribution in [3.63, 3.8) is 0 Å². The van der Waals surface area contributed by atoms with Crippen LogP contribution in [0.15, 0.2) is 42.5 Å². The molecule has 0 N–H and O–H groups in total. The van der Waals surface area contributed by atoms with Crippen molar-refractivity contribution in [2.24, 2.45) is 0 Å². The molecule has 0 amide bonds. The van der Waals surface area contributed by atoms with E-state index in [-0.39, 0.29) is 12.5 Å². The van der Waals surface area contributed by atoms with E-state index in [0.29, 0.717) is 41.1 Å². The van der Waals surface area contributed by atoms with Crippen molar-refractivity contribution in [3.05, 3.63) is 63.7 Å². The molecule has 0 aliphatic carbocycles. The molecule has 0 saturated heterocycles. The summed E-state index contributed by atoms with van der Waals surface area (Å²) in [5.41, 5.74) is 1.86. The van der Waals surface area contributed by atoms with E-state index < -0.39 is 4.92 Å². The molecule has 0 spiro atoms. The molecule has 140 valence electrons. The maximum absolute atomic E-state index is 11.0. The second kappa shape index (κ2) is 7.04. The highest BCUT2D eigenvalue weighted by molar-refractivity contribution is 5.88. The molecule has 0 fully saturated rings. The van der Waals surface area contributed by atoms with Crippen molar-refractivity contribution in [3.8, 4) is 17.6 Å². The fourth-order valence-corrected chi connectivity index (χ4v) is 3.18. The Hall–Kier alpha value is -3.86. The number of rotatable bonds is 5. The summed E-state index contributed by atoms with van der Waals surface area (Å²) in [6, 6.07) is 13.9. The van der Waals surface area contributed by atoms with Crippen LogP contribution in [0, 0.1) is 21.4 Å². The molecule has 8 heteroatoms. The fraction of sp³-hybridized carbons (Fsp3) is 0.200. The van der Waals surface area contributed by atoms with Crippen LogP contribution in [0.1, 0.15) is 18.1 Å². The van der Waals surface area contributed by atoms with Crippen LogP contribution in [0.2, 0.25) is 0 Å². The van der Waals surface area contributed by atoms with Gasteiger partial charge in [-0.25, -0.2) is 4.98 Å². The SMILES string of the molecule is CCN(Cc1ccc2c(c1)OCO2)c1cc(C#N)c2cc([N+](=O)[O-])ccc2n1. The van der Waals surface area contributed by atoms with Crippen molar-refractivity contribution in [2.45, 2.75) is 13.5 Å². The van der Waals surface area contributed by atoms with Gasteiger partial charge >= 0.3 is 0 Å². The largest absolute Gasteiger partial charge is 0.454 e. The number of nitro groups is 1. The predicted molar refractivity (Wildman–Crippen MR) is 102 cm³/mol. The van der Waals surface area contributed by atoms with Crippen LogP contribution in [0.25, 0.3) is 10.9 Å². The normalized spacial score (nSPS) is 12.0. The minimum absolute atomic E-state index is 0.0637. The molecule has 8 nitrogen and oxygen atoms in total. The summed E-state index contributed by atoms with van der Waals surface area (Å²) in [4.78, 5) is 17.2. The number of nitro benzene ring substituents is 1. The molecule has 0 radical (unpaired) electrons. The Morgan fingerprint density at radius 2 is 2.04 bits per heavy atom. The minimum Gasteiger partial charge on any atom is -0.454 e. The summed E-state index contributed by atoms with van der Waals surface area (Å²) in [5.74, 6) is 2.08. The number of hydrogen-bond acceptors (Lipinski definition) is 7. The topological polar surface area (TPSA) is 102 Å². The lowest BCUT2D eigenvalue weighted by atomic mass is 10.1. The predicted octanol–water partition coefficient (Wildman–Crippen LogP) is 3.77. The maximum atomic E-state index is 11.0. The van der Waals surface area contributed by atoms with Crippen LogP contribution >= 0.6 is 0 Å². The van der Waals surface area contributed by atoms with Crippen LogP contribution in [0.4, 0.5) is 11.5 Å². The summed E-state index contributed by atoms with van der Waals surface area (Å²) < 4.78 is 10.8. The molecule has 0 saturated carbocycles. The van der Waals surface area contributed by atoms with Gasteiger partial charge in [0.25, 0.3) is 5.69 Å². The zero-order valence-electron chi connectivity index (χ0n) is 15.1. The second-order valence-corrected chi connectivity index (χ2v) is 6.30. The highest BCUT2D eigenvalue weighted by Gasteiger charge is 2.17. The third-order valence-electron chi connectivity index (χ3n) is 4.63. The third kappa shape index (κ3) is 3.14. The van der Waals surface area contributed by atoms with E-state index in [2.05, 4.69) is 11.1 Å². The van der Waals surface area contributed by atoms with E-state index >= 15 is 0 Å². The summed E-state index contributed by atoms with van der Waals surface area (Å²) >= 11 is 0. The Balaban J connectivity index is 1.71. The molecule has 1 aliphatic rings. The number of hydrogen-bond donors (Lipinski definition) is 0. The summed E-state index contributed by atoms with van der Waals surface area (Å²) in [6.45, 7) is 3.47. The number of nitrogens with zero attached hydrogens (tertiary/aromatic N) is 4. The lowest BCUT2D eigenvalue weighted by Gasteiger charge is -2.23. The molecule has 2 heterocycles. The zero-order chi connectivity index (χ0) is 19.7. The number of non-ortho nitro benzene ring substituents is 1. The fourth-order valence-electron chi connectivity index (χ4n) is 3.18. The zero-order valence-corrected chi connectivity index (χ0v) is 15.1. The first-order chi connectivity index (χ1) is 13.6. The highest BCUT2D eigenvalue weighted by atomic mass is 16.7. The summed E-state index contributed by atoms with van der Waals surface area (Å²) in [7, 11) is 0. The molecular weight excluding hydrogens is 360 g/mol. The first kappa shape index (κ1) is 17.5. The van der Waals surface area contributed by atoms with E-state index in [0.717, 1.165) is 11.3 Å². The monoisotopic (exact) mass is 376 g/mol. The molecule has 0 bridgehead atoms. The number of ether oxygens (including phenoxy) is 2. The minimum atomic E-state index is -0.480. The van der Waals surface area contributed by atoms with E-state index in [1.165, 1.54) is 12.1 Å². The Morgan fingerprint density at radius 1 is 1.21 bits per heavy atom. The molecular formula is C20H16N4O4. The van der Waals surface area contributed by atoms with Crippen molar-refractivity contribution >= 4 is 22.4 Å². The lowest BCUT2D eigenvalue weighted by molar-refractivity contribution is -0.384. The lowest BCUT2D eigenvalue weighted by Crippen LogP contribution is -2.23.